The zero-order chi connectivity index (χ0) is 19.2. The number of sulfonamides is 1. The molecule has 6 heteroatoms. The average Bonchev–Trinajstić information content (AvgIpc) is 2.65. The number of nitrogens with one attached hydrogen (secondary N) is 1. The van der Waals surface area contributed by atoms with E-state index in [2.05, 4.69) is 11.6 Å². The molecule has 0 radical (unpaired) electrons. The van der Waals surface area contributed by atoms with Gasteiger partial charge in [0.15, 0.2) is 0 Å². The van der Waals surface area contributed by atoms with Crippen molar-refractivity contribution < 1.29 is 17.9 Å². The summed E-state index contributed by atoms with van der Waals surface area (Å²) in [5, 5.41) is 0. The summed E-state index contributed by atoms with van der Waals surface area (Å²) in [4.78, 5) is 0.231. The molecule has 0 aliphatic carbocycles. The van der Waals surface area contributed by atoms with Crippen molar-refractivity contribution in [3.63, 3.8) is 0 Å². The number of ether oxygens (including phenoxy) is 2. The molecule has 0 bridgehead atoms. The zero-order valence-corrected chi connectivity index (χ0v) is 16.6. The van der Waals surface area contributed by atoms with E-state index in [0.717, 1.165) is 17.7 Å². The molecule has 142 valence electrons. The molecule has 0 aliphatic rings. The van der Waals surface area contributed by atoms with Crippen molar-refractivity contribution in [1.29, 1.82) is 0 Å². The Hall–Kier alpha value is -2.05. The van der Waals surface area contributed by atoms with Crippen molar-refractivity contribution in [2.45, 2.75) is 38.0 Å². The van der Waals surface area contributed by atoms with E-state index in [4.69, 9.17) is 9.47 Å². The third-order valence-corrected chi connectivity index (χ3v) is 5.59. The molecule has 2 aromatic carbocycles. The molecule has 0 aliphatic heterocycles. The normalized spacial score (nSPS) is 11.6. The fourth-order valence-corrected chi connectivity index (χ4v) is 3.63. The van der Waals surface area contributed by atoms with Gasteiger partial charge < -0.3 is 9.47 Å². The highest BCUT2D eigenvalue weighted by Crippen LogP contribution is 2.28. The summed E-state index contributed by atoms with van der Waals surface area (Å²) >= 11 is 0. The Bertz CT molecular complexity index is 814. The Morgan fingerprint density at radius 2 is 1.77 bits per heavy atom. The van der Waals surface area contributed by atoms with E-state index >= 15 is 0 Å². The highest BCUT2D eigenvalue weighted by Gasteiger charge is 2.17. The van der Waals surface area contributed by atoms with Crippen molar-refractivity contribution in [3.05, 3.63) is 53.6 Å². The minimum atomic E-state index is -3.59. The van der Waals surface area contributed by atoms with Crippen molar-refractivity contribution in [2.24, 2.45) is 0 Å². The summed E-state index contributed by atoms with van der Waals surface area (Å²) in [7, 11) is -2.01. The van der Waals surface area contributed by atoms with Gasteiger partial charge in [-0.2, -0.15) is 0 Å². The second-order valence-electron chi connectivity index (χ2n) is 6.30. The largest absolute Gasteiger partial charge is 0.496 e. The van der Waals surface area contributed by atoms with Crippen LogP contribution in [0.5, 0.6) is 11.5 Å². The lowest BCUT2D eigenvalue weighted by atomic mass is 10.0. The monoisotopic (exact) mass is 377 g/mol. The molecule has 0 unspecified atom stereocenters. The molecule has 0 atom stereocenters. The van der Waals surface area contributed by atoms with Gasteiger partial charge in [0.25, 0.3) is 0 Å². The smallest absolute Gasteiger partial charge is 0.240 e. The second-order valence-corrected chi connectivity index (χ2v) is 8.07. The minimum absolute atomic E-state index is 0.162. The lowest BCUT2D eigenvalue weighted by molar-refractivity contribution is 0.322. The number of rotatable bonds is 9. The summed E-state index contributed by atoms with van der Waals surface area (Å²) in [6.07, 6.45) is 0.973. The van der Waals surface area contributed by atoms with E-state index in [0.29, 0.717) is 5.75 Å². The average molecular weight is 378 g/mol. The molecule has 5 nitrogen and oxygen atoms in total. The van der Waals surface area contributed by atoms with Crippen LogP contribution < -0.4 is 14.2 Å². The molecule has 0 amide bonds. The molecule has 0 saturated heterocycles. The van der Waals surface area contributed by atoms with Crippen LogP contribution in [0.15, 0.2) is 47.4 Å². The number of benzene rings is 2. The van der Waals surface area contributed by atoms with Crippen LogP contribution in [0.2, 0.25) is 0 Å². The van der Waals surface area contributed by atoms with Crippen molar-refractivity contribution in [2.75, 3.05) is 20.3 Å². The van der Waals surface area contributed by atoms with E-state index in [1.165, 1.54) is 5.56 Å². The number of aryl methyl sites for hydroxylation is 1. The maximum absolute atomic E-state index is 12.5. The number of hydrogen-bond donors (Lipinski definition) is 1. The van der Waals surface area contributed by atoms with Gasteiger partial charge in [0, 0.05) is 6.54 Å². The van der Waals surface area contributed by atoms with Crippen molar-refractivity contribution >= 4 is 10.0 Å². The van der Waals surface area contributed by atoms with E-state index in [-0.39, 0.29) is 24.0 Å². The first-order valence-corrected chi connectivity index (χ1v) is 10.2. The van der Waals surface area contributed by atoms with Gasteiger partial charge in [-0.1, -0.05) is 32.9 Å². The predicted octanol–water partition coefficient (Wildman–Crippen LogP) is 3.74. The van der Waals surface area contributed by atoms with E-state index in [1.807, 2.05) is 38.1 Å². The maximum atomic E-state index is 12.5. The molecule has 2 rings (SSSR count). The molecule has 1 N–H and O–H groups in total. The van der Waals surface area contributed by atoms with Crippen LogP contribution >= 0.6 is 0 Å². The second kappa shape index (κ2) is 9.05. The first-order chi connectivity index (χ1) is 12.4. The van der Waals surface area contributed by atoms with Crippen molar-refractivity contribution in [1.82, 2.24) is 4.72 Å². The summed E-state index contributed by atoms with van der Waals surface area (Å²) in [6, 6.07) is 12.7. The standard InChI is InChI=1S/C20H27NO4S/c1-5-16-6-8-17(9-7-16)25-13-12-21-26(22,23)18-10-11-20(24-4)19(14-18)15(2)3/h6-11,14-15,21H,5,12-13H2,1-4H3. The topological polar surface area (TPSA) is 64.6 Å². The van der Waals surface area contributed by atoms with Crippen LogP contribution in [-0.4, -0.2) is 28.7 Å². The summed E-state index contributed by atoms with van der Waals surface area (Å²) in [5.74, 6) is 1.58. The lowest BCUT2D eigenvalue weighted by Gasteiger charge is -2.14. The Morgan fingerprint density at radius 1 is 1.08 bits per heavy atom. The molecule has 0 aromatic heterocycles. The highest BCUT2D eigenvalue weighted by atomic mass is 32.2. The van der Waals surface area contributed by atoms with Crippen LogP contribution in [0.25, 0.3) is 0 Å². The first kappa shape index (κ1) is 20.3. The Labute approximate surface area is 156 Å². The third kappa shape index (κ3) is 5.22. The van der Waals surface area contributed by atoms with Crippen LogP contribution in [0, 0.1) is 0 Å². The fourth-order valence-electron chi connectivity index (χ4n) is 2.58. The molecule has 2 aromatic rings. The van der Waals surface area contributed by atoms with E-state index < -0.39 is 10.0 Å². The molecular weight excluding hydrogens is 350 g/mol. The van der Waals surface area contributed by atoms with Gasteiger partial charge in [-0.05, 0) is 53.8 Å². The summed E-state index contributed by atoms with van der Waals surface area (Å²) in [5.41, 5.74) is 2.10. The Kier molecular flexibility index (Phi) is 7.06. The maximum Gasteiger partial charge on any atom is 0.240 e. The van der Waals surface area contributed by atoms with Crippen LogP contribution in [-0.2, 0) is 16.4 Å². The van der Waals surface area contributed by atoms with Gasteiger partial charge >= 0.3 is 0 Å². The van der Waals surface area contributed by atoms with E-state index in [9.17, 15) is 8.42 Å². The van der Waals surface area contributed by atoms with Crippen LogP contribution in [0.3, 0.4) is 0 Å². The minimum Gasteiger partial charge on any atom is -0.496 e. The van der Waals surface area contributed by atoms with Gasteiger partial charge in [-0.3, -0.25) is 0 Å². The van der Waals surface area contributed by atoms with Crippen LogP contribution in [0.1, 0.15) is 37.8 Å². The molecule has 0 spiro atoms. The molecular formula is C20H27NO4S. The van der Waals surface area contributed by atoms with Crippen LogP contribution in [0.4, 0.5) is 0 Å². The van der Waals surface area contributed by atoms with Gasteiger partial charge in [-0.15, -0.1) is 0 Å². The fraction of sp³-hybridized carbons (Fsp3) is 0.400. The summed E-state index contributed by atoms with van der Waals surface area (Å²) in [6.45, 7) is 6.55. The third-order valence-electron chi connectivity index (χ3n) is 4.13. The predicted molar refractivity (Wildman–Crippen MR) is 104 cm³/mol. The number of hydrogen-bond acceptors (Lipinski definition) is 4. The SMILES string of the molecule is CCc1ccc(OCCNS(=O)(=O)c2ccc(OC)c(C(C)C)c2)cc1. The summed E-state index contributed by atoms with van der Waals surface area (Å²) < 4.78 is 38.5. The molecule has 0 fully saturated rings. The molecule has 26 heavy (non-hydrogen) atoms. The molecule has 0 saturated carbocycles. The Balaban J connectivity index is 1.96. The van der Waals surface area contributed by atoms with Gasteiger partial charge in [0.2, 0.25) is 10.0 Å². The van der Waals surface area contributed by atoms with E-state index in [1.54, 1.807) is 25.3 Å². The quantitative estimate of drug-likeness (QED) is 0.676. The molecule has 0 heterocycles. The highest BCUT2D eigenvalue weighted by molar-refractivity contribution is 7.89. The lowest BCUT2D eigenvalue weighted by Crippen LogP contribution is -2.28. The Morgan fingerprint density at radius 3 is 2.35 bits per heavy atom. The van der Waals surface area contributed by atoms with Gasteiger partial charge in [0.1, 0.15) is 18.1 Å². The number of methoxy groups -OCH3 is 1. The van der Waals surface area contributed by atoms with Gasteiger partial charge in [-0.25, -0.2) is 13.1 Å². The van der Waals surface area contributed by atoms with Gasteiger partial charge in [0.05, 0.1) is 12.0 Å². The first-order valence-electron chi connectivity index (χ1n) is 8.76. The van der Waals surface area contributed by atoms with Crippen molar-refractivity contribution in [3.8, 4) is 11.5 Å². The zero-order valence-electron chi connectivity index (χ0n) is 15.8.